The molecule has 2 rings (SSSR count). The second kappa shape index (κ2) is 6.83. The van der Waals surface area contributed by atoms with Crippen LogP contribution in [0.15, 0.2) is 18.2 Å². The van der Waals surface area contributed by atoms with Crippen LogP contribution < -0.4 is 10.1 Å². The molecule has 0 radical (unpaired) electrons. The van der Waals surface area contributed by atoms with Crippen molar-refractivity contribution in [2.75, 3.05) is 25.5 Å². The molecule has 6 heteroatoms. The van der Waals surface area contributed by atoms with Gasteiger partial charge in [0, 0.05) is 17.8 Å². The lowest BCUT2D eigenvalue weighted by Gasteiger charge is -2.18. The Bertz CT molecular complexity index is 442. The zero-order chi connectivity index (χ0) is 14.5. The van der Waals surface area contributed by atoms with Gasteiger partial charge < -0.3 is 15.0 Å². The van der Waals surface area contributed by atoms with Crippen LogP contribution >= 0.6 is 0 Å². The van der Waals surface area contributed by atoms with Crippen LogP contribution in [0, 0.1) is 5.82 Å². The summed E-state index contributed by atoms with van der Waals surface area (Å²) in [5.41, 5.74) is 0.596. The lowest BCUT2D eigenvalue weighted by Crippen LogP contribution is -2.23. The molecular weight excluding hydrogens is 269 g/mol. The Kier molecular flexibility index (Phi) is 5.11. The third kappa shape index (κ3) is 4.30. The smallest absolute Gasteiger partial charge is 0.387 e. The second-order valence-corrected chi connectivity index (χ2v) is 5.10. The van der Waals surface area contributed by atoms with E-state index >= 15 is 0 Å². The summed E-state index contributed by atoms with van der Waals surface area (Å²) in [7, 11) is 2.08. The summed E-state index contributed by atoms with van der Waals surface area (Å²) < 4.78 is 41.8. The highest BCUT2D eigenvalue weighted by molar-refractivity contribution is 5.48. The third-order valence-electron chi connectivity index (χ3n) is 3.47. The third-order valence-corrected chi connectivity index (χ3v) is 3.47. The van der Waals surface area contributed by atoms with Gasteiger partial charge >= 0.3 is 6.61 Å². The van der Waals surface area contributed by atoms with Crippen molar-refractivity contribution in [3.63, 3.8) is 0 Å². The van der Waals surface area contributed by atoms with E-state index in [0.717, 1.165) is 32.4 Å². The zero-order valence-electron chi connectivity index (χ0n) is 11.4. The average Bonchev–Trinajstić information content (AvgIpc) is 2.58. The number of anilines is 1. The molecule has 0 amide bonds. The van der Waals surface area contributed by atoms with E-state index in [1.54, 1.807) is 6.07 Å². The van der Waals surface area contributed by atoms with E-state index in [1.165, 1.54) is 12.1 Å². The van der Waals surface area contributed by atoms with Crippen LogP contribution in [0.5, 0.6) is 5.75 Å². The molecule has 1 heterocycles. The molecular formula is C14H19F3N2O. The maximum Gasteiger partial charge on any atom is 0.387 e. The molecule has 1 fully saturated rings. The summed E-state index contributed by atoms with van der Waals surface area (Å²) in [5.74, 6) is -1.20. The van der Waals surface area contributed by atoms with Gasteiger partial charge in [-0.3, -0.25) is 0 Å². The van der Waals surface area contributed by atoms with Crippen molar-refractivity contribution < 1.29 is 17.9 Å². The fourth-order valence-corrected chi connectivity index (χ4v) is 2.40. The minimum absolute atomic E-state index is 0.279. The Morgan fingerprint density at radius 1 is 1.30 bits per heavy atom. The number of benzene rings is 1. The summed E-state index contributed by atoms with van der Waals surface area (Å²) in [5, 5.41) is 3.25. The first-order valence-corrected chi connectivity index (χ1v) is 6.74. The van der Waals surface area contributed by atoms with E-state index in [0.29, 0.717) is 5.69 Å². The molecule has 1 aliphatic heterocycles. The van der Waals surface area contributed by atoms with E-state index in [4.69, 9.17) is 0 Å². The summed E-state index contributed by atoms with van der Waals surface area (Å²) in [6.07, 6.45) is 3.08. The molecule has 1 atom stereocenters. The lowest BCUT2D eigenvalue weighted by atomic mass is 10.1. The Morgan fingerprint density at radius 3 is 2.80 bits per heavy atom. The van der Waals surface area contributed by atoms with Gasteiger partial charge in [-0.1, -0.05) is 0 Å². The van der Waals surface area contributed by atoms with Crippen LogP contribution in [-0.4, -0.2) is 37.7 Å². The van der Waals surface area contributed by atoms with Gasteiger partial charge in [-0.15, -0.1) is 0 Å². The summed E-state index contributed by atoms with van der Waals surface area (Å²) >= 11 is 0. The van der Waals surface area contributed by atoms with Crippen molar-refractivity contribution >= 4 is 5.69 Å². The van der Waals surface area contributed by atoms with Gasteiger partial charge in [0.2, 0.25) is 0 Å². The van der Waals surface area contributed by atoms with Crippen LogP contribution in [-0.2, 0) is 0 Å². The molecule has 1 N–H and O–H groups in total. The molecule has 0 spiro atoms. The Morgan fingerprint density at radius 2 is 2.10 bits per heavy atom. The number of halogens is 3. The molecule has 0 aliphatic carbocycles. The van der Waals surface area contributed by atoms with E-state index in [9.17, 15) is 13.2 Å². The van der Waals surface area contributed by atoms with Gasteiger partial charge in [0.15, 0.2) is 11.6 Å². The van der Waals surface area contributed by atoms with Crippen LogP contribution in [0.4, 0.5) is 18.9 Å². The highest BCUT2D eigenvalue weighted by Crippen LogP contribution is 2.24. The fraction of sp³-hybridized carbons (Fsp3) is 0.571. The molecule has 1 saturated heterocycles. The fourth-order valence-electron chi connectivity index (χ4n) is 2.40. The van der Waals surface area contributed by atoms with Crippen LogP contribution in [0.3, 0.4) is 0 Å². The number of nitrogens with one attached hydrogen (secondary N) is 1. The molecule has 0 aromatic heterocycles. The number of rotatable bonds is 4. The van der Waals surface area contributed by atoms with Crippen molar-refractivity contribution in [2.24, 2.45) is 0 Å². The summed E-state index contributed by atoms with van der Waals surface area (Å²) in [4.78, 5) is 2.27. The summed E-state index contributed by atoms with van der Waals surface area (Å²) in [6.45, 7) is -0.957. The number of nitrogens with zero attached hydrogens (tertiary/aromatic N) is 1. The number of hydrogen-bond acceptors (Lipinski definition) is 3. The molecule has 1 unspecified atom stereocenters. The van der Waals surface area contributed by atoms with E-state index in [1.807, 2.05) is 0 Å². The second-order valence-electron chi connectivity index (χ2n) is 5.10. The predicted molar refractivity (Wildman–Crippen MR) is 71.8 cm³/mol. The van der Waals surface area contributed by atoms with Crippen molar-refractivity contribution in [3.8, 4) is 5.75 Å². The van der Waals surface area contributed by atoms with Crippen LogP contribution in [0.25, 0.3) is 0 Å². The first kappa shape index (κ1) is 15.0. The monoisotopic (exact) mass is 288 g/mol. The predicted octanol–water partition coefficient (Wildman–Crippen LogP) is 3.32. The largest absolute Gasteiger partial charge is 0.432 e. The molecule has 1 aliphatic rings. The maximum absolute atomic E-state index is 13.6. The molecule has 1 aromatic rings. The van der Waals surface area contributed by atoms with Gasteiger partial charge in [0.25, 0.3) is 0 Å². The first-order valence-electron chi connectivity index (χ1n) is 6.74. The standard InChI is InChI=1S/C14H19F3N2O/c1-19-7-2-3-10(6-8-19)18-11-4-5-13(12(15)9-11)20-14(16)17/h4-5,9-10,14,18H,2-3,6-8H2,1H3. The van der Waals surface area contributed by atoms with Crippen molar-refractivity contribution in [2.45, 2.75) is 31.9 Å². The Labute approximate surface area is 116 Å². The average molecular weight is 288 g/mol. The number of likely N-dealkylation sites (tertiary alicyclic amines) is 1. The van der Waals surface area contributed by atoms with Gasteiger partial charge in [0.05, 0.1) is 0 Å². The molecule has 0 saturated carbocycles. The molecule has 112 valence electrons. The van der Waals surface area contributed by atoms with Crippen molar-refractivity contribution in [3.05, 3.63) is 24.0 Å². The Balaban J connectivity index is 1.97. The van der Waals surface area contributed by atoms with E-state index in [-0.39, 0.29) is 6.04 Å². The lowest BCUT2D eigenvalue weighted by molar-refractivity contribution is -0.0521. The highest BCUT2D eigenvalue weighted by atomic mass is 19.3. The molecule has 3 nitrogen and oxygen atoms in total. The minimum atomic E-state index is -3.01. The normalized spacial score (nSPS) is 20.8. The van der Waals surface area contributed by atoms with Crippen molar-refractivity contribution in [1.82, 2.24) is 4.90 Å². The topological polar surface area (TPSA) is 24.5 Å². The number of ether oxygens (including phenoxy) is 1. The maximum atomic E-state index is 13.6. The van der Waals surface area contributed by atoms with Gasteiger partial charge in [-0.05, 0) is 51.5 Å². The highest BCUT2D eigenvalue weighted by Gasteiger charge is 2.16. The number of hydrogen-bond donors (Lipinski definition) is 1. The summed E-state index contributed by atoms with van der Waals surface area (Å²) in [6, 6.07) is 4.27. The SMILES string of the molecule is CN1CCCC(Nc2ccc(OC(F)F)c(F)c2)CC1. The van der Waals surface area contributed by atoms with Gasteiger partial charge in [-0.25, -0.2) is 4.39 Å². The van der Waals surface area contributed by atoms with E-state index in [2.05, 4.69) is 22.0 Å². The van der Waals surface area contributed by atoms with Gasteiger partial charge in [-0.2, -0.15) is 8.78 Å². The van der Waals surface area contributed by atoms with Crippen LogP contribution in [0.2, 0.25) is 0 Å². The quantitative estimate of drug-likeness (QED) is 0.920. The number of alkyl halides is 2. The Hall–Kier alpha value is -1.43. The van der Waals surface area contributed by atoms with Gasteiger partial charge in [0.1, 0.15) is 0 Å². The molecule has 0 bridgehead atoms. The zero-order valence-corrected chi connectivity index (χ0v) is 11.4. The molecule has 1 aromatic carbocycles. The first-order chi connectivity index (χ1) is 9.54. The van der Waals surface area contributed by atoms with Crippen LogP contribution in [0.1, 0.15) is 19.3 Å². The van der Waals surface area contributed by atoms with E-state index < -0.39 is 18.2 Å². The van der Waals surface area contributed by atoms with Crippen molar-refractivity contribution in [1.29, 1.82) is 0 Å². The molecule has 20 heavy (non-hydrogen) atoms. The minimum Gasteiger partial charge on any atom is -0.432 e.